The third-order valence-electron chi connectivity index (χ3n) is 5.66. The number of rotatable bonds is 8. The number of allylic oxidation sites excluding steroid dienone is 2. The number of carbonyl (C=O) groups excluding carboxylic acids is 2. The average molecular weight is 504 g/mol. The number of esters is 1. The van der Waals surface area contributed by atoms with Crippen LogP contribution in [-0.4, -0.2) is 23.8 Å². The van der Waals surface area contributed by atoms with Crippen molar-refractivity contribution in [3.63, 3.8) is 0 Å². The molecule has 9 heteroatoms. The van der Waals surface area contributed by atoms with E-state index in [0.29, 0.717) is 27.7 Å². The molecule has 188 valence electrons. The largest absolute Gasteiger partial charge is 0.465 e. The summed E-state index contributed by atoms with van der Waals surface area (Å²) in [6.07, 6.45) is 1.33. The van der Waals surface area contributed by atoms with Gasteiger partial charge in [0.15, 0.2) is 11.6 Å². The van der Waals surface area contributed by atoms with Crippen molar-refractivity contribution in [1.29, 1.82) is 0 Å². The normalized spacial score (nSPS) is 11.6. The highest BCUT2D eigenvalue weighted by Crippen LogP contribution is 2.29. The van der Waals surface area contributed by atoms with Gasteiger partial charge in [0.25, 0.3) is 0 Å². The number of nitrogens with one attached hydrogen (secondary N) is 2. The molecule has 4 N–H and O–H groups in total. The van der Waals surface area contributed by atoms with Crippen LogP contribution in [0.25, 0.3) is 10.9 Å². The van der Waals surface area contributed by atoms with Gasteiger partial charge in [-0.25, -0.2) is 9.18 Å². The molecule has 0 amide bonds. The predicted molar refractivity (Wildman–Crippen MR) is 137 cm³/mol. The van der Waals surface area contributed by atoms with Gasteiger partial charge in [-0.3, -0.25) is 4.79 Å². The lowest BCUT2D eigenvalue weighted by Crippen LogP contribution is -2.17. The first-order valence-electron chi connectivity index (χ1n) is 11.1. The molecular weight excluding hydrogens is 480 g/mol. The van der Waals surface area contributed by atoms with Crippen molar-refractivity contribution in [3.05, 3.63) is 113 Å². The third-order valence-corrected chi connectivity index (χ3v) is 5.66. The van der Waals surface area contributed by atoms with Crippen LogP contribution in [0, 0.1) is 18.6 Å². The quantitative estimate of drug-likeness (QED) is 0.118. The number of halogens is 2. The second kappa shape index (κ2) is 10.4. The number of ether oxygens (including phenoxy) is 2. The molecular formula is C28H23F2N3O4. The van der Waals surface area contributed by atoms with E-state index >= 15 is 0 Å². The number of nitrogens with two attached hydrogens (primary N) is 1. The summed E-state index contributed by atoms with van der Waals surface area (Å²) >= 11 is 0. The van der Waals surface area contributed by atoms with Gasteiger partial charge < -0.3 is 25.5 Å². The maximum absolute atomic E-state index is 13.9. The summed E-state index contributed by atoms with van der Waals surface area (Å²) in [7, 11) is 1.28. The van der Waals surface area contributed by atoms with Crippen LogP contribution in [-0.2, 0) is 4.74 Å². The smallest absolute Gasteiger partial charge is 0.338 e. The minimum atomic E-state index is -1.08. The number of ketones is 1. The van der Waals surface area contributed by atoms with E-state index < -0.39 is 23.4 Å². The molecule has 0 bridgehead atoms. The average Bonchev–Trinajstić information content (AvgIpc) is 3.33. The Bertz CT molecular complexity index is 1570. The first kappa shape index (κ1) is 25.2. The number of carbonyl (C=O) groups is 2. The van der Waals surface area contributed by atoms with Crippen LogP contribution in [0.15, 0.2) is 84.7 Å². The number of benzene rings is 3. The van der Waals surface area contributed by atoms with Crippen molar-refractivity contribution in [2.75, 3.05) is 12.4 Å². The number of hydrogen-bond acceptors (Lipinski definition) is 6. The molecule has 4 rings (SSSR count). The maximum Gasteiger partial charge on any atom is 0.338 e. The van der Waals surface area contributed by atoms with Crippen molar-refractivity contribution in [1.82, 2.24) is 4.98 Å². The highest BCUT2D eigenvalue weighted by atomic mass is 19.2. The fourth-order valence-electron chi connectivity index (χ4n) is 3.78. The number of methoxy groups -OCH3 is 1. The molecule has 0 radical (unpaired) electrons. The number of aryl methyl sites for hydroxylation is 1. The van der Waals surface area contributed by atoms with E-state index in [0.717, 1.165) is 6.07 Å². The molecule has 0 saturated heterocycles. The standard InChI is InChI=1S/C28H23F2N3O4/c1-4-17(26(34)23-14-19-18(28(35)36-3)7-5-9-22(19)32-23)27(31)33-21-12-11-16(13-15(21)2)37-24-10-6-8-20(29)25(24)30/h4-14,32-33H,1,31H2,2-3H3/b27-17+. The number of aromatic amines is 1. The van der Waals surface area contributed by atoms with E-state index in [1.165, 1.54) is 25.3 Å². The van der Waals surface area contributed by atoms with Crippen molar-refractivity contribution in [2.24, 2.45) is 5.73 Å². The van der Waals surface area contributed by atoms with Gasteiger partial charge >= 0.3 is 5.97 Å². The number of Topliss-reactive ketones (excluding diaryl/α,β-unsaturated/α-hetero) is 1. The Labute approximate surface area is 211 Å². The molecule has 37 heavy (non-hydrogen) atoms. The molecule has 0 spiro atoms. The minimum Gasteiger partial charge on any atom is -0.465 e. The van der Waals surface area contributed by atoms with E-state index in [1.807, 2.05) is 0 Å². The number of fused-ring (bicyclic) bond motifs is 1. The Morgan fingerprint density at radius 1 is 1.08 bits per heavy atom. The summed E-state index contributed by atoms with van der Waals surface area (Å²) in [6.45, 7) is 5.46. The SMILES string of the molecule is C=C/C(C(=O)c1cc2c(C(=O)OC)cccc2[nH]1)=C(/N)Nc1ccc(Oc2cccc(F)c2F)cc1C. The molecule has 0 saturated carbocycles. The molecule has 0 aliphatic heterocycles. The molecule has 0 aliphatic rings. The Morgan fingerprint density at radius 2 is 1.84 bits per heavy atom. The summed E-state index contributed by atoms with van der Waals surface area (Å²) in [5, 5.41) is 3.52. The van der Waals surface area contributed by atoms with Crippen LogP contribution in [0.1, 0.15) is 26.4 Å². The van der Waals surface area contributed by atoms with Crippen molar-refractivity contribution < 1.29 is 27.8 Å². The lowest BCUT2D eigenvalue weighted by atomic mass is 10.1. The Balaban J connectivity index is 1.59. The molecule has 0 atom stereocenters. The summed E-state index contributed by atoms with van der Waals surface area (Å²) in [4.78, 5) is 28.3. The van der Waals surface area contributed by atoms with Gasteiger partial charge in [-0.05, 0) is 61.0 Å². The highest BCUT2D eigenvalue weighted by molar-refractivity contribution is 6.14. The number of hydrogen-bond donors (Lipinski definition) is 3. The molecule has 7 nitrogen and oxygen atoms in total. The van der Waals surface area contributed by atoms with E-state index in [9.17, 15) is 18.4 Å². The minimum absolute atomic E-state index is 0.0415. The van der Waals surface area contributed by atoms with Gasteiger partial charge in [0.1, 0.15) is 11.6 Å². The maximum atomic E-state index is 13.9. The first-order chi connectivity index (χ1) is 17.7. The van der Waals surface area contributed by atoms with Crippen LogP contribution < -0.4 is 15.8 Å². The fourth-order valence-corrected chi connectivity index (χ4v) is 3.78. The number of anilines is 1. The second-order valence-electron chi connectivity index (χ2n) is 8.06. The molecule has 0 fully saturated rings. The Kier molecular flexibility index (Phi) is 7.06. The van der Waals surface area contributed by atoms with Gasteiger partial charge in [0, 0.05) is 16.6 Å². The summed E-state index contributed by atoms with van der Waals surface area (Å²) < 4.78 is 37.7. The van der Waals surface area contributed by atoms with E-state index in [1.54, 1.807) is 49.4 Å². The van der Waals surface area contributed by atoms with Gasteiger partial charge in [0.05, 0.1) is 23.9 Å². The molecule has 1 heterocycles. The topological polar surface area (TPSA) is 106 Å². The zero-order chi connectivity index (χ0) is 26.7. The summed E-state index contributed by atoms with van der Waals surface area (Å²) in [5.41, 5.74) is 8.67. The van der Waals surface area contributed by atoms with Gasteiger partial charge in [-0.15, -0.1) is 0 Å². The molecule has 0 unspecified atom stereocenters. The predicted octanol–water partition coefficient (Wildman–Crippen LogP) is 5.98. The van der Waals surface area contributed by atoms with Crippen LogP contribution in [0.3, 0.4) is 0 Å². The van der Waals surface area contributed by atoms with Crippen LogP contribution >= 0.6 is 0 Å². The Morgan fingerprint density at radius 3 is 2.54 bits per heavy atom. The van der Waals surface area contributed by atoms with Gasteiger partial charge in [0.2, 0.25) is 11.6 Å². The fraction of sp³-hybridized carbons (Fsp3) is 0.0714. The summed E-state index contributed by atoms with van der Waals surface area (Å²) in [5.74, 6) is -2.97. The highest BCUT2D eigenvalue weighted by Gasteiger charge is 2.19. The molecule has 4 aromatic rings. The summed E-state index contributed by atoms with van der Waals surface area (Å²) in [6, 6.07) is 15.0. The van der Waals surface area contributed by atoms with Gasteiger partial charge in [-0.1, -0.05) is 24.8 Å². The van der Waals surface area contributed by atoms with E-state index in [4.69, 9.17) is 15.2 Å². The third kappa shape index (κ3) is 5.06. The first-order valence-corrected chi connectivity index (χ1v) is 11.1. The van der Waals surface area contributed by atoms with Crippen LogP contribution in [0.5, 0.6) is 11.5 Å². The second-order valence-corrected chi connectivity index (χ2v) is 8.06. The molecule has 1 aromatic heterocycles. The lowest BCUT2D eigenvalue weighted by molar-refractivity contribution is 0.0603. The monoisotopic (exact) mass is 503 g/mol. The zero-order valence-electron chi connectivity index (χ0n) is 20.0. The molecule has 3 aromatic carbocycles. The Hall–Kier alpha value is -4.92. The zero-order valence-corrected chi connectivity index (χ0v) is 20.0. The van der Waals surface area contributed by atoms with Crippen molar-refractivity contribution >= 4 is 28.3 Å². The number of H-pyrrole nitrogens is 1. The molecule has 0 aliphatic carbocycles. The van der Waals surface area contributed by atoms with Crippen molar-refractivity contribution in [2.45, 2.75) is 6.92 Å². The van der Waals surface area contributed by atoms with Crippen LogP contribution in [0.2, 0.25) is 0 Å². The van der Waals surface area contributed by atoms with Crippen LogP contribution in [0.4, 0.5) is 14.5 Å². The lowest BCUT2D eigenvalue weighted by Gasteiger charge is -2.14. The number of aromatic nitrogens is 1. The van der Waals surface area contributed by atoms with Crippen molar-refractivity contribution in [3.8, 4) is 11.5 Å². The van der Waals surface area contributed by atoms with E-state index in [-0.39, 0.29) is 28.6 Å². The van der Waals surface area contributed by atoms with E-state index in [2.05, 4.69) is 16.9 Å². The van der Waals surface area contributed by atoms with Gasteiger partial charge in [-0.2, -0.15) is 4.39 Å².